The van der Waals surface area contributed by atoms with Gasteiger partial charge >= 0.3 is 0 Å². The minimum atomic E-state index is 0.0642. The van der Waals surface area contributed by atoms with Crippen molar-refractivity contribution in [1.82, 2.24) is 14.7 Å². The summed E-state index contributed by atoms with van der Waals surface area (Å²) in [6, 6.07) is 0.0642. The van der Waals surface area contributed by atoms with Crippen LogP contribution in [0.3, 0.4) is 0 Å². The van der Waals surface area contributed by atoms with Crippen LogP contribution in [0.1, 0.15) is 70.6 Å². The van der Waals surface area contributed by atoms with E-state index in [1.54, 1.807) is 0 Å². The number of carbonyl (C=O) groups is 2. The molecule has 4 aliphatic rings. The maximum absolute atomic E-state index is 13.4. The van der Waals surface area contributed by atoms with E-state index in [4.69, 9.17) is 0 Å². The molecule has 27 heavy (non-hydrogen) atoms. The molecule has 152 valence electrons. The Balaban J connectivity index is 1.38. The third-order valence-corrected chi connectivity index (χ3v) is 7.49. The fourth-order valence-electron chi connectivity index (χ4n) is 5.88. The molecule has 2 aliphatic carbocycles. The predicted octanol–water partition coefficient (Wildman–Crippen LogP) is 2.89. The molecular weight excluding hydrogens is 338 g/mol. The summed E-state index contributed by atoms with van der Waals surface area (Å²) in [4.78, 5) is 32.8. The van der Waals surface area contributed by atoms with E-state index in [-0.39, 0.29) is 12.0 Å². The molecule has 4 fully saturated rings. The molecule has 0 N–H and O–H groups in total. The third-order valence-electron chi connectivity index (χ3n) is 7.49. The van der Waals surface area contributed by atoms with E-state index >= 15 is 0 Å². The van der Waals surface area contributed by atoms with Gasteiger partial charge in [-0.15, -0.1) is 0 Å². The molecule has 0 aromatic heterocycles. The lowest BCUT2D eigenvalue weighted by atomic mass is 9.93. The van der Waals surface area contributed by atoms with E-state index in [2.05, 4.69) is 14.7 Å². The normalized spacial score (nSPS) is 27.3. The van der Waals surface area contributed by atoms with Crippen LogP contribution in [0.15, 0.2) is 0 Å². The number of piperidine rings is 1. The van der Waals surface area contributed by atoms with E-state index < -0.39 is 0 Å². The number of nitrogens with zero attached hydrogens (tertiary/aromatic N) is 3. The summed E-state index contributed by atoms with van der Waals surface area (Å²) in [6.45, 7) is 5.26. The molecule has 2 aliphatic heterocycles. The van der Waals surface area contributed by atoms with Crippen LogP contribution < -0.4 is 0 Å². The third kappa shape index (κ3) is 4.33. The number of hydrogen-bond donors (Lipinski definition) is 0. The Bertz CT molecular complexity index is 512. The van der Waals surface area contributed by atoms with E-state index in [1.807, 2.05) is 0 Å². The van der Waals surface area contributed by atoms with Crippen molar-refractivity contribution < 1.29 is 9.59 Å². The second-order valence-corrected chi connectivity index (χ2v) is 9.22. The molecule has 4 rings (SSSR count). The van der Waals surface area contributed by atoms with Gasteiger partial charge in [-0.3, -0.25) is 14.5 Å². The van der Waals surface area contributed by atoms with Crippen LogP contribution in [0.4, 0.5) is 0 Å². The number of rotatable bonds is 4. The standard InChI is InChI=1S/C22H37N3O2/c26-21(19-10-4-5-11-19)25-16-14-23(15-17-25)20(18-8-2-3-9-18)22(27)24-12-6-1-7-13-24/h18-20H,1-17H2. The van der Waals surface area contributed by atoms with E-state index in [0.717, 1.165) is 65.0 Å². The number of carbonyl (C=O) groups excluding carboxylic acids is 2. The molecule has 0 aromatic rings. The minimum absolute atomic E-state index is 0.0642. The smallest absolute Gasteiger partial charge is 0.240 e. The van der Waals surface area contributed by atoms with E-state index in [1.165, 1.54) is 44.9 Å². The van der Waals surface area contributed by atoms with Crippen LogP contribution in [-0.4, -0.2) is 71.8 Å². The van der Waals surface area contributed by atoms with Crippen molar-refractivity contribution in [3.8, 4) is 0 Å². The summed E-state index contributed by atoms with van der Waals surface area (Å²) >= 11 is 0. The summed E-state index contributed by atoms with van der Waals surface area (Å²) in [7, 11) is 0. The zero-order valence-corrected chi connectivity index (χ0v) is 16.9. The predicted molar refractivity (Wildman–Crippen MR) is 106 cm³/mol. The molecule has 2 amide bonds. The first kappa shape index (κ1) is 19.2. The van der Waals surface area contributed by atoms with Crippen LogP contribution >= 0.6 is 0 Å². The Kier molecular flexibility index (Phi) is 6.36. The van der Waals surface area contributed by atoms with Crippen LogP contribution in [0.2, 0.25) is 0 Å². The molecule has 2 saturated heterocycles. The summed E-state index contributed by atoms with van der Waals surface area (Å²) in [5, 5.41) is 0. The van der Waals surface area contributed by atoms with Crippen LogP contribution in [-0.2, 0) is 9.59 Å². The average Bonchev–Trinajstić information content (AvgIpc) is 3.43. The van der Waals surface area contributed by atoms with Gasteiger partial charge in [0.1, 0.15) is 0 Å². The van der Waals surface area contributed by atoms with Crippen LogP contribution in [0.25, 0.3) is 0 Å². The molecule has 5 heteroatoms. The molecule has 0 bridgehead atoms. The average molecular weight is 376 g/mol. The van der Waals surface area contributed by atoms with Crippen molar-refractivity contribution in [3.63, 3.8) is 0 Å². The highest BCUT2D eigenvalue weighted by Gasteiger charge is 2.40. The molecule has 5 nitrogen and oxygen atoms in total. The van der Waals surface area contributed by atoms with Gasteiger partial charge in [0.2, 0.25) is 11.8 Å². The van der Waals surface area contributed by atoms with E-state index in [0.29, 0.717) is 17.7 Å². The van der Waals surface area contributed by atoms with Crippen molar-refractivity contribution in [3.05, 3.63) is 0 Å². The Labute approximate surface area is 164 Å². The summed E-state index contributed by atoms with van der Waals surface area (Å²) in [5.74, 6) is 1.57. The zero-order chi connectivity index (χ0) is 18.6. The van der Waals surface area contributed by atoms with Gasteiger partial charge in [-0.05, 0) is 50.9 Å². The van der Waals surface area contributed by atoms with Crippen molar-refractivity contribution >= 4 is 11.8 Å². The highest BCUT2D eigenvalue weighted by Crippen LogP contribution is 2.33. The topological polar surface area (TPSA) is 43.9 Å². The molecule has 2 heterocycles. The van der Waals surface area contributed by atoms with Gasteiger partial charge in [-0.25, -0.2) is 0 Å². The van der Waals surface area contributed by atoms with Gasteiger partial charge in [-0.1, -0.05) is 25.7 Å². The first-order valence-corrected chi connectivity index (χ1v) is 11.6. The Morgan fingerprint density at radius 3 is 1.85 bits per heavy atom. The maximum Gasteiger partial charge on any atom is 0.240 e. The highest BCUT2D eigenvalue weighted by molar-refractivity contribution is 5.82. The van der Waals surface area contributed by atoms with Gasteiger partial charge in [0.05, 0.1) is 6.04 Å². The van der Waals surface area contributed by atoms with Crippen LogP contribution in [0.5, 0.6) is 0 Å². The van der Waals surface area contributed by atoms with Crippen molar-refractivity contribution in [2.75, 3.05) is 39.3 Å². The van der Waals surface area contributed by atoms with Gasteiger partial charge in [0.25, 0.3) is 0 Å². The fraction of sp³-hybridized carbons (Fsp3) is 0.909. The number of piperazine rings is 1. The summed E-state index contributed by atoms with van der Waals surface area (Å²) in [5.41, 5.74) is 0. The summed E-state index contributed by atoms with van der Waals surface area (Å²) in [6.07, 6.45) is 13.1. The van der Waals surface area contributed by atoms with Gasteiger partial charge in [0.15, 0.2) is 0 Å². The SMILES string of the molecule is O=C(C1CCCC1)N1CCN(C(C(=O)N2CCCCC2)C2CCCC2)CC1. The second kappa shape index (κ2) is 8.93. The lowest BCUT2D eigenvalue weighted by Crippen LogP contribution is -2.59. The highest BCUT2D eigenvalue weighted by atomic mass is 16.2. The monoisotopic (exact) mass is 375 g/mol. The second-order valence-electron chi connectivity index (χ2n) is 9.22. The Hall–Kier alpha value is -1.10. The first-order valence-electron chi connectivity index (χ1n) is 11.6. The zero-order valence-electron chi connectivity index (χ0n) is 16.9. The molecule has 0 aromatic carbocycles. The van der Waals surface area contributed by atoms with Gasteiger partial charge in [-0.2, -0.15) is 0 Å². The fourth-order valence-corrected chi connectivity index (χ4v) is 5.88. The quantitative estimate of drug-likeness (QED) is 0.759. The molecule has 1 atom stereocenters. The molecule has 0 radical (unpaired) electrons. The maximum atomic E-state index is 13.4. The van der Waals surface area contributed by atoms with Crippen molar-refractivity contribution in [2.45, 2.75) is 76.7 Å². The lowest BCUT2D eigenvalue weighted by Gasteiger charge is -2.43. The van der Waals surface area contributed by atoms with Crippen molar-refractivity contribution in [1.29, 1.82) is 0 Å². The van der Waals surface area contributed by atoms with Crippen LogP contribution in [0, 0.1) is 11.8 Å². The minimum Gasteiger partial charge on any atom is -0.341 e. The molecule has 2 saturated carbocycles. The number of hydrogen-bond acceptors (Lipinski definition) is 3. The first-order chi connectivity index (χ1) is 13.2. The van der Waals surface area contributed by atoms with E-state index in [9.17, 15) is 9.59 Å². The molecule has 0 spiro atoms. The Morgan fingerprint density at radius 1 is 0.630 bits per heavy atom. The number of amides is 2. The largest absolute Gasteiger partial charge is 0.341 e. The van der Waals surface area contributed by atoms with Gasteiger partial charge < -0.3 is 9.80 Å². The lowest BCUT2D eigenvalue weighted by molar-refractivity contribution is -0.143. The molecular formula is C22H37N3O2. The summed E-state index contributed by atoms with van der Waals surface area (Å²) < 4.78 is 0. The van der Waals surface area contributed by atoms with Gasteiger partial charge in [0, 0.05) is 45.2 Å². The number of likely N-dealkylation sites (tertiary alicyclic amines) is 1. The Morgan fingerprint density at radius 2 is 1.22 bits per heavy atom. The van der Waals surface area contributed by atoms with Crippen molar-refractivity contribution in [2.24, 2.45) is 11.8 Å². The molecule has 1 unspecified atom stereocenters.